The van der Waals surface area contributed by atoms with E-state index >= 15 is 0 Å². The Morgan fingerprint density at radius 2 is 1.94 bits per heavy atom. The van der Waals surface area contributed by atoms with Gasteiger partial charge in [-0.3, -0.25) is 0 Å². The van der Waals surface area contributed by atoms with Crippen LogP contribution in [0.3, 0.4) is 0 Å². The van der Waals surface area contributed by atoms with Crippen molar-refractivity contribution in [1.29, 1.82) is 0 Å². The normalized spacial score (nSPS) is 19.0. The highest BCUT2D eigenvalue weighted by molar-refractivity contribution is 4.77. The molecule has 0 aromatic heterocycles. The minimum absolute atomic E-state index is 0.264. The zero-order valence-electron chi connectivity index (χ0n) is 13.3. The molecule has 108 valence electrons. The van der Waals surface area contributed by atoms with Crippen LogP contribution in [0.2, 0.25) is 0 Å². The summed E-state index contributed by atoms with van der Waals surface area (Å²) in [5, 5.41) is 3.58. The van der Waals surface area contributed by atoms with E-state index in [0.29, 0.717) is 0 Å². The summed E-state index contributed by atoms with van der Waals surface area (Å²) in [6.45, 7) is 15.1. The molecule has 2 nitrogen and oxygen atoms in total. The molecule has 1 aliphatic rings. The van der Waals surface area contributed by atoms with E-state index in [9.17, 15) is 0 Å². The van der Waals surface area contributed by atoms with Crippen molar-refractivity contribution in [2.75, 3.05) is 19.6 Å². The predicted molar refractivity (Wildman–Crippen MR) is 81.0 cm³/mol. The topological polar surface area (TPSA) is 15.3 Å². The number of rotatable bonds is 8. The van der Waals surface area contributed by atoms with Crippen LogP contribution in [0.25, 0.3) is 0 Å². The molecule has 0 heterocycles. The fourth-order valence-electron chi connectivity index (χ4n) is 2.67. The minimum atomic E-state index is 0.264. The summed E-state index contributed by atoms with van der Waals surface area (Å²) in [5.41, 5.74) is 0.264. The van der Waals surface area contributed by atoms with Crippen molar-refractivity contribution in [2.24, 2.45) is 5.92 Å². The maximum atomic E-state index is 3.58. The molecule has 0 aliphatic heterocycles. The molecular weight excluding hydrogens is 220 g/mol. The van der Waals surface area contributed by atoms with Crippen LogP contribution in [0.5, 0.6) is 0 Å². The molecule has 1 N–H and O–H groups in total. The van der Waals surface area contributed by atoms with Crippen molar-refractivity contribution in [1.82, 2.24) is 10.2 Å². The molecule has 1 unspecified atom stereocenters. The van der Waals surface area contributed by atoms with Gasteiger partial charge < -0.3 is 10.2 Å². The van der Waals surface area contributed by atoms with Crippen molar-refractivity contribution in [3.8, 4) is 0 Å². The highest BCUT2D eigenvalue weighted by Gasteiger charge is 2.22. The summed E-state index contributed by atoms with van der Waals surface area (Å²) in [6, 6.07) is 0.748. The van der Waals surface area contributed by atoms with Gasteiger partial charge in [0, 0.05) is 18.1 Å². The zero-order chi connectivity index (χ0) is 13.6. The van der Waals surface area contributed by atoms with E-state index in [-0.39, 0.29) is 5.54 Å². The van der Waals surface area contributed by atoms with E-state index in [1.165, 1.54) is 45.2 Å². The molecule has 0 spiro atoms. The Hall–Kier alpha value is -0.0800. The zero-order valence-corrected chi connectivity index (χ0v) is 13.3. The highest BCUT2D eigenvalue weighted by Crippen LogP contribution is 2.27. The van der Waals surface area contributed by atoms with Crippen LogP contribution < -0.4 is 5.32 Å². The average molecular weight is 254 g/mol. The average Bonchev–Trinajstić information content (AvgIpc) is 2.21. The lowest BCUT2D eigenvalue weighted by Crippen LogP contribution is -2.40. The molecular formula is C16H34N2. The van der Waals surface area contributed by atoms with Gasteiger partial charge in [0.15, 0.2) is 0 Å². The molecule has 0 aromatic carbocycles. The lowest BCUT2D eigenvalue weighted by Gasteiger charge is -2.35. The van der Waals surface area contributed by atoms with Crippen LogP contribution in [-0.4, -0.2) is 36.1 Å². The molecule has 0 amide bonds. The molecule has 2 heteroatoms. The van der Waals surface area contributed by atoms with E-state index in [1.807, 2.05) is 0 Å². The SMILES string of the molecule is CCN(CC1CCC1)C(C)CCCNC(C)(C)C. The number of nitrogens with zero attached hydrogens (tertiary/aromatic N) is 1. The number of nitrogens with one attached hydrogen (secondary N) is 1. The molecule has 0 bridgehead atoms. The Balaban J connectivity index is 2.14. The largest absolute Gasteiger partial charge is 0.312 e. The molecule has 1 aliphatic carbocycles. The van der Waals surface area contributed by atoms with Gasteiger partial charge >= 0.3 is 0 Å². The van der Waals surface area contributed by atoms with Crippen LogP contribution in [-0.2, 0) is 0 Å². The standard InChI is InChI=1S/C16H34N2/c1-6-18(13-15-10-7-11-15)14(2)9-8-12-17-16(3,4)5/h14-15,17H,6-13H2,1-5H3. The van der Waals surface area contributed by atoms with E-state index in [1.54, 1.807) is 0 Å². The highest BCUT2D eigenvalue weighted by atomic mass is 15.1. The van der Waals surface area contributed by atoms with Gasteiger partial charge in [-0.05, 0) is 72.4 Å². The summed E-state index contributed by atoms with van der Waals surface area (Å²) in [5.74, 6) is 1.00. The second-order valence-corrected chi connectivity index (χ2v) is 7.05. The van der Waals surface area contributed by atoms with Gasteiger partial charge in [0.25, 0.3) is 0 Å². The lowest BCUT2D eigenvalue weighted by atomic mass is 9.85. The molecule has 1 saturated carbocycles. The van der Waals surface area contributed by atoms with E-state index < -0.39 is 0 Å². The molecule has 1 rings (SSSR count). The monoisotopic (exact) mass is 254 g/mol. The van der Waals surface area contributed by atoms with Crippen molar-refractivity contribution < 1.29 is 0 Å². The third-order valence-electron chi connectivity index (χ3n) is 4.20. The quantitative estimate of drug-likeness (QED) is 0.665. The Morgan fingerprint density at radius 1 is 1.28 bits per heavy atom. The fourth-order valence-corrected chi connectivity index (χ4v) is 2.67. The molecule has 0 saturated heterocycles. The van der Waals surface area contributed by atoms with Gasteiger partial charge in [0.1, 0.15) is 0 Å². The second-order valence-electron chi connectivity index (χ2n) is 7.05. The van der Waals surface area contributed by atoms with Crippen molar-refractivity contribution >= 4 is 0 Å². The summed E-state index contributed by atoms with van der Waals surface area (Å²) in [7, 11) is 0. The molecule has 18 heavy (non-hydrogen) atoms. The Labute approximate surface area is 115 Å². The minimum Gasteiger partial charge on any atom is -0.312 e. The molecule has 0 aromatic rings. The Bertz CT molecular complexity index is 216. The van der Waals surface area contributed by atoms with Crippen LogP contribution in [0.4, 0.5) is 0 Å². The van der Waals surface area contributed by atoms with Crippen molar-refractivity contribution in [3.05, 3.63) is 0 Å². The van der Waals surface area contributed by atoms with E-state index in [0.717, 1.165) is 18.5 Å². The van der Waals surface area contributed by atoms with Gasteiger partial charge in [0.2, 0.25) is 0 Å². The van der Waals surface area contributed by atoms with Crippen LogP contribution >= 0.6 is 0 Å². The Kier molecular flexibility index (Phi) is 6.65. The second kappa shape index (κ2) is 7.49. The van der Waals surface area contributed by atoms with Crippen LogP contribution in [0, 0.1) is 5.92 Å². The predicted octanol–water partition coefficient (Wildman–Crippen LogP) is 3.67. The number of hydrogen-bond donors (Lipinski definition) is 1. The maximum Gasteiger partial charge on any atom is 0.00965 e. The maximum absolute atomic E-state index is 3.58. The molecule has 1 atom stereocenters. The van der Waals surface area contributed by atoms with Crippen molar-refractivity contribution in [3.63, 3.8) is 0 Å². The first-order chi connectivity index (χ1) is 8.42. The molecule has 0 radical (unpaired) electrons. The van der Waals surface area contributed by atoms with E-state index in [2.05, 4.69) is 44.8 Å². The molecule has 1 fully saturated rings. The van der Waals surface area contributed by atoms with Crippen molar-refractivity contribution in [2.45, 2.75) is 78.3 Å². The van der Waals surface area contributed by atoms with Gasteiger partial charge in [-0.2, -0.15) is 0 Å². The van der Waals surface area contributed by atoms with E-state index in [4.69, 9.17) is 0 Å². The summed E-state index contributed by atoms with van der Waals surface area (Å²) in [4.78, 5) is 2.68. The first-order valence-electron chi connectivity index (χ1n) is 7.91. The number of hydrogen-bond acceptors (Lipinski definition) is 2. The summed E-state index contributed by atoms with van der Waals surface area (Å²) in [6.07, 6.45) is 7.01. The smallest absolute Gasteiger partial charge is 0.00965 e. The summed E-state index contributed by atoms with van der Waals surface area (Å²) >= 11 is 0. The fraction of sp³-hybridized carbons (Fsp3) is 1.00. The van der Waals surface area contributed by atoms with Crippen LogP contribution in [0.1, 0.15) is 66.7 Å². The van der Waals surface area contributed by atoms with Crippen LogP contribution in [0.15, 0.2) is 0 Å². The third kappa shape index (κ3) is 6.19. The first-order valence-corrected chi connectivity index (χ1v) is 7.91. The third-order valence-corrected chi connectivity index (χ3v) is 4.20. The van der Waals surface area contributed by atoms with Gasteiger partial charge in [-0.15, -0.1) is 0 Å². The Morgan fingerprint density at radius 3 is 2.39 bits per heavy atom. The first kappa shape index (κ1) is 16.0. The lowest BCUT2D eigenvalue weighted by molar-refractivity contribution is 0.139. The summed E-state index contributed by atoms with van der Waals surface area (Å²) < 4.78 is 0. The van der Waals surface area contributed by atoms with Gasteiger partial charge in [0.05, 0.1) is 0 Å². The van der Waals surface area contributed by atoms with Gasteiger partial charge in [-0.25, -0.2) is 0 Å². The van der Waals surface area contributed by atoms with Gasteiger partial charge in [-0.1, -0.05) is 13.3 Å².